The first-order valence-electron chi connectivity index (χ1n) is 9.43. The average molecular weight is 388 g/mol. The van der Waals surface area contributed by atoms with Crippen molar-refractivity contribution in [1.82, 2.24) is 14.7 Å². The predicted octanol–water partition coefficient (Wildman–Crippen LogP) is 3.34. The molecule has 1 amide bonds. The van der Waals surface area contributed by atoms with Gasteiger partial charge in [-0.2, -0.15) is 5.10 Å². The highest BCUT2D eigenvalue weighted by atomic mass is 35.5. The van der Waals surface area contributed by atoms with Crippen LogP contribution in [0, 0.1) is 5.92 Å². The van der Waals surface area contributed by atoms with Crippen LogP contribution in [0.3, 0.4) is 0 Å². The fraction of sp³-hybridized carbons (Fsp3) is 0.450. The number of fused-ring (bicyclic) bond motifs is 1. The van der Waals surface area contributed by atoms with Gasteiger partial charge < -0.3 is 10.0 Å². The van der Waals surface area contributed by atoms with E-state index in [1.807, 2.05) is 28.9 Å². The summed E-state index contributed by atoms with van der Waals surface area (Å²) in [5, 5.41) is 14.6. The van der Waals surface area contributed by atoms with Gasteiger partial charge in [0.2, 0.25) is 0 Å². The number of carboxylic acid groups (broad SMARTS) is 1. The molecule has 1 unspecified atom stereocenters. The van der Waals surface area contributed by atoms with E-state index in [2.05, 4.69) is 5.10 Å². The summed E-state index contributed by atoms with van der Waals surface area (Å²) in [6.07, 6.45) is 5.47. The SMILES string of the molecule is O=C(O)C1CCN(C(=O)c2nn(-c3ccc(Cl)cc3)c3c2CCCCC3)C1. The zero-order valence-corrected chi connectivity index (χ0v) is 15.8. The Labute approximate surface area is 162 Å². The van der Waals surface area contributed by atoms with E-state index in [1.165, 1.54) is 0 Å². The lowest BCUT2D eigenvalue weighted by Gasteiger charge is -2.15. The second-order valence-electron chi connectivity index (χ2n) is 7.30. The predicted molar refractivity (Wildman–Crippen MR) is 101 cm³/mol. The fourth-order valence-electron chi connectivity index (χ4n) is 4.04. The molecule has 1 aliphatic carbocycles. The Morgan fingerprint density at radius 2 is 1.85 bits per heavy atom. The zero-order chi connectivity index (χ0) is 19.0. The quantitative estimate of drug-likeness (QED) is 0.819. The second kappa shape index (κ2) is 7.35. The molecule has 1 atom stereocenters. The molecule has 1 N–H and O–H groups in total. The number of carboxylic acids is 1. The van der Waals surface area contributed by atoms with E-state index >= 15 is 0 Å². The van der Waals surface area contributed by atoms with E-state index < -0.39 is 11.9 Å². The minimum absolute atomic E-state index is 0.149. The van der Waals surface area contributed by atoms with E-state index in [1.54, 1.807) is 4.90 Å². The molecule has 2 heterocycles. The van der Waals surface area contributed by atoms with Crippen LogP contribution >= 0.6 is 11.6 Å². The van der Waals surface area contributed by atoms with Crippen LogP contribution in [-0.2, 0) is 17.6 Å². The topological polar surface area (TPSA) is 75.4 Å². The van der Waals surface area contributed by atoms with Gasteiger partial charge in [0.25, 0.3) is 5.91 Å². The fourth-order valence-corrected chi connectivity index (χ4v) is 4.17. The third-order valence-corrected chi connectivity index (χ3v) is 5.78. The molecule has 0 radical (unpaired) electrons. The second-order valence-corrected chi connectivity index (χ2v) is 7.73. The van der Waals surface area contributed by atoms with E-state index in [0.717, 1.165) is 49.0 Å². The van der Waals surface area contributed by atoms with E-state index in [-0.39, 0.29) is 12.5 Å². The van der Waals surface area contributed by atoms with E-state index in [4.69, 9.17) is 11.6 Å². The summed E-state index contributed by atoms with van der Waals surface area (Å²) in [5.41, 5.74) is 3.48. The molecule has 1 aliphatic heterocycles. The number of nitrogens with zero attached hydrogens (tertiary/aromatic N) is 3. The number of benzene rings is 1. The summed E-state index contributed by atoms with van der Waals surface area (Å²) < 4.78 is 1.87. The Morgan fingerprint density at radius 1 is 1.11 bits per heavy atom. The molecular formula is C20H22ClN3O3. The summed E-state index contributed by atoms with van der Waals surface area (Å²) >= 11 is 6.01. The molecule has 1 aromatic heterocycles. The number of hydrogen-bond acceptors (Lipinski definition) is 3. The van der Waals surface area contributed by atoms with Gasteiger partial charge in [-0.15, -0.1) is 0 Å². The Bertz CT molecular complexity index is 875. The van der Waals surface area contributed by atoms with Crippen LogP contribution in [0.4, 0.5) is 0 Å². The molecule has 1 fully saturated rings. The number of carbonyl (C=O) groups excluding carboxylic acids is 1. The molecule has 4 rings (SSSR count). The molecule has 0 bridgehead atoms. The van der Waals surface area contributed by atoms with Crippen molar-refractivity contribution >= 4 is 23.5 Å². The maximum atomic E-state index is 13.1. The van der Waals surface area contributed by atoms with Gasteiger partial charge in [-0.05, 0) is 56.4 Å². The van der Waals surface area contributed by atoms with Crippen LogP contribution in [0.2, 0.25) is 5.02 Å². The summed E-state index contributed by atoms with van der Waals surface area (Å²) in [4.78, 5) is 26.0. The van der Waals surface area contributed by atoms with E-state index in [0.29, 0.717) is 23.7 Å². The molecule has 0 saturated carbocycles. The van der Waals surface area contributed by atoms with Crippen molar-refractivity contribution in [1.29, 1.82) is 0 Å². The van der Waals surface area contributed by atoms with Gasteiger partial charge in [0, 0.05) is 29.4 Å². The first-order chi connectivity index (χ1) is 13.0. The lowest BCUT2D eigenvalue weighted by molar-refractivity contribution is -0.141. The standard InChI is InChI=1S/C20H22ClN3O3/c21-14-6-8-15(9-7-14)24-17-5-3-1-2-4-16(17)18(22-24)19(25)23-11-10-13(12-23)20(26)27/h6-9,13H,1-5,10-12H2,(H,26,27). The van der Waals surface area contributed by atoms with Crippen LogP contribution in [0.1, 0.15) is 47.4 Å². The highest BCUT2D eigenvalue weighted by molar-refractivity contribution is 6.30. The Morgan fingerprint density at radius 3 is 2.56 bits per heavy atom. The summed E-state index contributed by atoms with van der Waals surface area (Å²) in [5.74, 6) is -1.47. The number of halogens is 1. The normalized spacial score (nSPS) is 19.6. The monoisotopic (exact) mass is 387 g/mol. The number of aromatic nitrogens is 2. The van der Waals surface area contributed by atoms with Crippen LogP contribution < -0.4 is 0 Å². The first-order valence-corrected chi connectivity index (χ1v) is 9.81. The first kappa shape index (κ1) is 18.0. The molecule has 7 heteroatoms. The van der Waals surface area contributed by atoms with Gasteiger partial charge in [-0.1, -0.05) is 18.0 Å². The molecule has 142 valence electrons. The number of rotatable bonds is 3. The molecule has 0 spiro atoms. The van der Waals surface area contributed by atoms with Gasteiger partial charge in [-0.25, -0.2) is 4.68 Å². The van der Waals surface area contributed by atoms with Crippen molar-refractivity contribution < 1.29 is 14.7 Å². The van der Waals surface area contributed by atoms with Crippen molar-refractivity contribution in [3.63, 3.8) is 0 Å². The molecular weight excluding hydrogens is 366 g/mol. The number of likely N-dealkylation sites (tertiary alicyclic amines) is 1. The largest absolute Gasteiger partial charge is 0.481 e. The number of amides is 1. The smallest absolute Gasteiger partial charge is 0.308 e. The summed E-state index contributed by atoms with van der Waals surface area (Å²) in [6, 6.07) is 7.46. The Kier molecular flexibility index (Phi) is 4.91. The van der Waals surface area contributed by atoms with Crippen molar-refractivity contribution in [2.75, 3.05) is 13.1 Å². The Hall–Kier alpha value is -2.34. The number of aliphatic carboxylic acids is 1. The molecule has 2 aromatic rings. The third kappa shape index (κ3) is 3.46. The van der Waals surface area contributed by atoms with Crippen LogP contribution in [-0.4, -0.2) is 44.8 Å². The maximum absolute atomic E-state index is 13.1. The number of hydrogen-bond donors (Lipinski definition) is 1. The van der Waals surface area contributed by atoms with Crippen molar-refractivity contribution in [3.8, 4) is 5.69 Å². The average Bonchev–Trinajstić information content (AvgIpc) is 3.21. The van der Waals surface area contributed by atoms with Crippen molar-refractivity contribution in [2.45, 2.75) is 38.5 Å². The van der Waals surface area contributed by atoms with Crippen LogP contribution in [0.25, 0.3) is 5.69 Å². The van der Waals surface area contributed by atoms with Gasteiger partial charge in [0.1, 0.15) is 0 Å². The Balaban J connectivity index is 1.71. The van der Waals surface area contributed by atoms with Gasteiger partial charge >= 0.3 is 5.97 Å². The molecule has 2 aliphatic rings. The van der Waals surface area contributed by atoms with Gasteiger partial charge in [0.05, 0.1) is 11.6 Å². The summed E-state index contributed by atoms with van der Waals surface area (Å²) in [7, 11) is 0. The molecule has 6 nitrogen and oxygen atoms in total. The van der Waals surface area contributed by atoms with Crippen LogP contribution in [0.15, 0.2) is 24.3 Å². The molecule has 1 saturated heterocycles. The lowest BCUT2D eigenvalue weighted by Crippen LogP contribution is -2.31. The van der Waals surface area contributed by atoms with Gasteiger partial charge in [-0.3, -0.25) is 9.59 Å². The number of carbonyl (C=O) groups is 2. The summed E-state index contributed by atoms with van der Waals surface area (Å²) in [6.45, 7) is 0.731. The third-order valence-electron chi connectivity index (χ3n) is 5.53. The van der Waals surface area contributed by atoms with Crippen molar-refractivity contribution in [2.24, 2.45) is 5.92 Å². The van der Waals surface area contributed by atoms with Crippen molar-refractivity contribution in [3.05, 3.63) is 46.2 Å². The minimum atomic E-state index is -0.837. The molecule has 1 aromatic carbocycles. The zero-order valence-electron chi connectivity index (χ0n) is 15.0. The maximum Gasteiger partial charge on any atom is 0.308 e. The molecule has 27 heavy (non-hydrogen) atoms. The van der Waals surface area contributed by atoms with Gasteiger partial charge in [0.15, 0.2) is 5.69 Å². The minimum Gasteiger partial charge on any atom is -0.481 e. The highest BCUT2D eigenvalue weighted by Gasteiger charge is 2.34. The van der Waals surface area contributed by atoms with Crippen LogP contribution in [0.5, 0.6) is 0 Å². The lowest BCUT2D eigenvalue weighted by atomic mass is 10.1. The van der Waals surface area contributed by atoms with E-state index in [9.17, 15) is 14.7 Å². The highest BCUT2D eigenvalue weighted by Crippen LogP contribution is 2.29.